The molecule has 0 bridgehead atoms. The lowest BCUT2D eigenvalue weighted by molar-refractivity contribution is 0.0234. The quantitative estimate of drug-likeness (QED) is 0.765. The van der Waals surface area contributed by atoms with Crippen molar-refractivity contribution in [2.45, 2.75) is 70.4 Å². The van der Waals surface area contributed by atoms with Gasteiger partial charge in [-0.3, -0.25) is 4.90 Å². The Morgan fingerprint density at radius 2 is 1.71 bits per heavy atom. The third kappa shape index (κ3) is 2.26. The highest BCUT2D eigenvalue weighted by atomic mass is 15.2. The van der Waals surface area contributed by atoms with Gasteiger partial charge in [0.15, 0.2) is 0 Å². The first-order valence-corrected chi connectivity index (χ1v) is 7.70. The molecule has 2 aliphatic rings. The van der Waals surface area contributed by atoms with Crippen molar-refractivity contribution in [3.05, 3.63) is 0 Å². The van der Waals surface area contributed by atoms with E-state index in [9.17, 15) is 0 Å². The first-order chi connectivity index (χ1) is 8.28. The van der Waals surface area contributed by atoms with Gasteiger partial charge in [-0.15, -0.1) is 0 Å². The molecule has 0 aliphatic heterocycles. The molecule has 2 heteroatoms. The van der Waals surface area contributed by atoms with Gasteiger partial charge in [0.05, 0.1) is 0 Å². The number of nitrogens with one attached hydrogen (secondary N) is 1. The topological polar surface area (TPSA) is 15.3 Å². The molecule has 2 nitrogen and oxygen atoms in total. The second kappa shape index (κ2) is 5.71. The predicted molar refractivity (Wildman–Crippen MR) is 74.3 cm³/mol. The molecule has 2 saturated carbocycles. The lowest BCUT2D eigenvalue weighted by Gasteiger charge is -2.51. The van der Waals surface area contributed by atoms with Crippen molar-refractivity contribution in [1.82, 2.24) is 10.2 Å². The minimum absolute atomic E-state index is 0.476. The smallest absolute Gasteiger partial charge is 0.0364 e. The van der Waals surface area contributed by atoms with Gasteiger partial charge < -0.3 is 5.32 Å². The summed E-state index contributed by atoms with van der Waals surface area (Å²) < 4.78 is 0. The SMILES string of the molecule is CCN(CC)C1(C(NC)C2CCC2)CCCC1. The van der Waals surface area contributed by atoms with E-state index in [1.807, 2.05) is 0 Å². The van der Waals surface area contributed by atoms with Crippen LogP contribution in [-0.2, 0) is 0 Å². The Morgan fingerprint density at radius 1 is 1.12 bits per heavy atom. The van der Waals surface area contributed by atoms with E-state index in [1.165, 1.54) is 58.0 Å². The lowest BCUT2D eigenvalue weighted by Crippen LogP contribution is -2.62. The van der Waals surface area contributed by atoms with Gasteiger partial charge in [0.1, 0.15) is 0 Å². The maximum Gasteiger partial charge on any atom is 0.0364 e. The summed E-state index contributed by atoms with van der Waals surface area (Å²) in [5.74, 6) is 0.943. The van der Waals surface area contributed by atoms with Gasteiger partial charge in [0, 0.05) is 11.6 Å². The van der Waals surface area contributed by atoms with Crippen LogP contribution < -0.4 is 5.32 Å². The molecule has 0 aromatic carbocycles. The van der Waals surface area contributed by atoms with Gasteiger partial charge in [-0.1, -0.05) is 33.1 Å². The molecule has 2 fully saturated rings. The summed E-state index contributed by atoms with van der Waals surface area (Å²) >= 11 is 0. The lowest BCUT2D eigenvalue weighted by atomic mass is 9.70. The van der Waals surface area contributed by atoms with Crippen molar-refractivity contribution in [1.29, 1.82) is 0 Å². The zero-order valence-electron chi connectivity index (χ0n) is 12.0. The Hall–Kier alpha value is -0.0800. The van der Waals surface area contributed by atoms with Gasteiger partial charge in [0.25, 0.3) is 0 Å². The third-order valence-electron chi connectivity index (χ3n) is 5.37. The van der Waals surface area contributed by atoms with Crippen molar-refractivity contribution in [2.24, 2.45) is 5.92 Å². The molecule has 0 saturated heterocycles. The Balaban J connectivity index is 2.18. The highest BCUT2D eigenvalue weighted by Crippen LogP contribution is 2.44. The minimum Gasteiger partial charge on any atom is -0.315 e. The van der Waals surface area contributed by atoms with Crippen LogP contribution in [-0.4, -0.2) is 36.6 Å². The van der Waals surface area contributed by atoms with Crippen LogP contribution in [0.5, 0.6) is 0 Å². The van der Waals surface area contributed by atoms with Crippen LogP contribution in [0.2, 0.25) is 0 Å². The normalized spacial score (nSPS) is 26.1. The van der Waals surface area contributed by atoms with Gasteiger partial charge in [-0.25, -0.2) is 0 Å². The number of nitrogens with zero attached hydrogens (tertiary/aromatic N) is 1. The molecule has 2 rings (SSSR count). The maximum absolute atomic E-state index is 3.69. The van der Waals surface area contributed by atoms with E-state index >= 15 is 0 Å². The first-order valence-electron chi connectivity index (χ1n) is 7.70. The molecule has 0 radical (unpaired) electrons. The first kappa shape index (κ1) is 13.4. The molecule has 2 aliphatic carbocycles. The molecular weight excluding hydrogens is 208 g/mol. The Kier molecular flexibility index (Phi) is 4.48. The molecule has 1 unspecified atom stereocenters. The number of likely N-dealkylation sites (N-methyl/N-ethyl adjacent to an activating group) is 2. The largest absolute Gasteiger partial charge is 0.315 e. The molecule has 0 aromatic rings. The van der Waals surface area contributed by atoms with Crippen LogP contribution in [0.3, 0.4) is 0 Å². The second-order valence-electron chi connectivity index (χ2n) is 5.94. The summed E-state index contributed by atoms with van der Waals surface area (Å²) in [5, 5.41) is 3.69. The predicted octanol–water partition coefficient (Wildman–Crippen LogP) is 3.03. The average Bonchev–Trinajstić information content (AvgIpc) is 2.75. The van der Waals surface area contributed by atoms with Crippen LogP contribution in [0.15, 0.2) is 0 Å². The summed E-state index contributed by atoms with van der Waals surface area (Å²) in [4.78, 5) is 2.75. The van der Waals surface area contributed by atoms with Gasteiger partial charge in [0.2, 0.25) is 0 Å². The molecule has 1 atom stereocenters. The fraction of sp³-hybridized carbons (Fsp3) is 1.00. The van der Waals surface area contributed by atoms with Crippen LogP contribution in [0.1, 0.15) is 58.8 Å². The van der Waals surface area contributed by atoms with E-state index in [0.29, 0.717) is 5.54 Å². The van der Waals surface area contributed by atoms with Crippen molar-refractivity contribution in [3.8, 4) is 0 Å². The highest BCUT2D eigenvalue weighted by Gasteiger charge is 2.48. The van der Waals surface area contributed by atoms with Gasteiger partial charge in [-0.2, -0.15) is 0 Å². The van der Waals surface area contributed by atoms with E-state index in [1.54, 1.807) is 0 Å². The standard InChI is InChI=1S/C15H30N2/c1-4-17(5-2)15(11-6-7-12-15)14(16-3)13-9-8-10-13/h13-14,16H,4-12H2,1-3H3. The number of hydrogen-bond acceptors (Lipinski definition) is 2. The van der Waals surface area contributed by atoms with E-state index in [2.05, 4.69) is 31.1 Å². The molecule has 0 heterocycles. The van der Waals surface area contributed by atoms with Crippen LogP contribution >= 0.6 is 0 Å². The fourth-order valence-corrected chi connectivity index (χ4v) is 4.38. The van der Waals surface area contributed by atoms with E-state index in [-0.39, 0.29) is 0 Å². The van der Waals surface area contributed by atoms with Gasteiger partial charge in [-0.05, 0) is 51.7 Å². The Bertz CT molecular complexity index is 225. The summed E-state index contributed by atoms with van der Waals surface area (Å²) in [7, 11) is 2.19. The Labute approximate surface area is 107 Å². The summed E-state index contributed by atoms with van der Waals surface area (Å²) in [6, 6.07) is 0.735. The molecule has 100 valence electrons. The number of rotatable bonds is 6. The van der Waals surface area contributed by atoms with Crippen LogP contribution in [0.25, 0.3) is 0 Å². The third-order valence-corrected chi connectivity index (χ3v) is 5.37. The molecule has 1 N–H and O–H groups in total. The second-order valence-corrected chi connectivity index (χ2v) is 5.94. The van der Waals surface area contributed by atoms with Crippen molar-refractivity contribution in [3.63, 3.8) is 0 Å². The molecule has 0 aromatic heterocycles. The highest BCUT2D eigenvalue weighted by molar-refractivity contribution is 5.06. The van der Waals surface area contributed by atoms with E-state index in [4.69, 9.17) is 0 Å². The number of hydrogen-bond donors (Lipinski definition) is 1. The van der Waals surface area contributed by atoms with Crippen LogP contribution in [0.4, 0.5) is 0 Å². The molecule has 0 spiro atoms. The zero-order valence-corrected chi connectivity index (χ0v) is 12.0. The summed E-state index contributed by atoms with van der Waals surface area (Å²) in [6.45, 7) is 7.08. The van der Waals surface area contributed by atoms with Gasteiger partial charge >= 0.3 is 0 Å². The van der Waals surface area contributed by atoms with Crippen LogP contribution in [0, 0.1) is 5.92 Å². The van der Waals surface area contributed by atoms with Crippen molar-refractivity contribution < 1.29 is 0 Å². The van der Waals surface area contributed by atoms with E-state index in [0.717, 1.165) is 12.0 Å². The molecule has 17 heavy (non-hydrogen) atoms. The van der Waals surface area contributed by atoms with Crippen molar-refractivity contribution >= 4 is 0 Å². The maximum atomic E-state index is 3.69. The molecule has 0 amide bonds. The summed E-state index contributed by atoms with van der Waals surface area (Å²) in [5.41, 5.74) is 0.476. The van der Waals surface area contributed by atoms with E-state index < -0.39 is 0 Å². The summed E-state index contributed by atoms with van der Waals surface area (Å²) in [6.07, 6.45) is 10.1. The minimum atomic E-state index is 0.476. The van der Waals surface area contributed by atoms with Crippen molar-refractivity contribution in [2.75, 3.05) is 20.1 Å². The zero-order chi connectivity index (χ0) is 12.3. The molecular formula is C15H30N2. The Morgan fingerprint density at radius 3 is 2.06 bits per heavy atom. The fourth-order valence-electron chi connectivity index (χ4n) is 4.38. The average molecular weight is 238 g/mol. The monoisotopic (exact) mass is 238 g/mol.